The average molecular weight is 442 g/mol. The molecule has 1 amide bonds. The van der Waals surface area contributed by atoms with E-state index >= 15 is 0 Å². The normalized spacial score (nSPS) is 16.5. The number of hydrogen-bond donors (Lipinski definition) is 0. The highest BCUT2D eigenvalue weighted by molar-refractivity contribution is 5.73. The zero-order valence-corrected chi connectivity index (χ0v) is 18.9. The number of hydrogen-bond acceptors (Lipinski definition) is 5. The highest BCUT2D eigenvalue weighted by Crippen LogP contribution is 2.27. The van der Waals surface area contributed by atoms with Gasteiger partial charge in [0.25, 0.3) is 0 Å². The monoisotopic (exact) mass is 441 g/mol. The Kier molecular flexibility index (Phi) is 5.73. The summed E-state index contributed by atoms with van der Waals surface area (Å²) in [6.07, 6.45) is 14.4. The lowest BCUT2D eigenvalue weighted by Gasteiger charge is -2.18. The summed E-state index contributed by atoms with van der Waals surface area (Å²) in [5.41, 5.74) is 5.05. The number of amides is 1. The Morgan fingerprint density at radius 3 is 2.39 bits per heavy atom. The van der Waals surface area contributed by atoms with Gasteiger partial charge in [0.2, 0.25) is 5.91 Å². The van der Waals surface area contributed by atoms with Crippen molar-refractivity contribution in [2.24, 2.45) is 7.05 Å². The predicted molar refractivity (Wildman–Crippen MR) is 126 cm³/mol. The molecule has 8 nitrogen and oxygen atoms in total. The van der Waals surface area contributed by atoms with Gasteiger partial charge in [-0.25, -0.2) is 9.97 Å². The van der Waals surface area contributed by atoms with E-state index in [1.165, 1.54) is 0 Å². The third-order valence-corrected chi connectivity index (χ3v) is 6.26. The van der Waals surface area contributed by atoms with Crippen molar-refractivity contribution in [3.05, 3.63) is 61.4 Å². The fraction of sp³-hybridized carbons (Fsp3) is 0.320. The maximum Gasteiger partial charge on any atom is 0.219 e. The maximum absolute atomic E-state index is 11.7. The summed E-state index contributed by atoms with van der Waals surface area (Å²) in [6, 6.07) is 8.48. The molecule has 5 rings (SSSR count). The van der Waals surface area contributed by atoms with Crippen molar-refractivity contribution in [1.82, 2.24) is 34.4 Å². The van der Waals surface area contributed by atoms with Gasteiger partial charge in [-0.3, -0.25) is 14.2 Å². The molecule has 4 heterocycles. The molecular formula is C25H27N7O. The van der Waals surface area contributed by atoms with Gasteiger partial charge in [-0.2, -0.15) is 10.2 Å². The van der Waals surface area contributed by atoms with E-state index in [0.29, 0.717) is 11.9 Å². The van der Waals surface area contributed by atoms with Gasteiger partial charge in [-0.1, -0.05) is 18.2 Å². The smallest absolute Gasteiger partial charge is 0.219 e. The molecule has 3 aromatic heterocycles. The largest absolute Gasteiger partial charge is 0.343 e. The minimum Gasteiger partial charge on any atom is -0.343 e. The van der Waals surface area contributed by atoms with Crippen LogP contribution in [0.5, 0.6) is 0 Å². The number of carbonyl (C=O) groups excluding carboxylic acids is 1. The molecule has 1 aromatic carbocycles. The Labute approximate surface area is 192 Å². The molecule has 8 heteroatoms. The van der Waals surface area contributed by atoms with Crippen LogP contribution in [0.15, 0.2) is 61.4 Å². The topological polar surface area (TPSA) is 81.7 Å². The van der Waals surface area contributed by atoms with Crippen LogP contribution < -0.4 is 0 Å². The van der Waals surface area contributed by atoms with E-state index < -0.39 is 0 Å². The lowest BCUT2D eigenvalue weighted by atomic mass is 10.1. The summed E-state index contributed by atoms with van der Waals surface area (Å²) < 4.78 is 3.83. The van der Waals surface area contributed by atoms with Crippen LogP contribution in [0.1, 0.15) is 32.2 Å². The standard InChI is InChI=1S/C25H27N7O/c1-18(33)31-9-4-7-24(8-10-31)32-17-23(15-29-32)21-12-26-25(27-13-21)20-6-3-5-19(11-20)22-14-28-30(2)16-22/h3,5-6,11-17,24H,4,7-10H2,1-2H3. The van der Waals surface area contributed by atoms with Crippen molar-refractivity contribution in [2.75, 3.05) is 13.1 Å². The van der Waals surface area contributed by atoms with E-state index in [1.54, 1.807) is 11.6 Å². The average Bonchev–Trinajstić information content (AvgIpc) is 3.42. The van der Waals surface area contributed by atoms with Crippen molar-refractivity contribution in [3.8, 4) is 33.6 Å². The number of aromatic nitrogens is 6. The van der Waals surface area contributed by atoms with Crippen LogP contribution in [0.25, 0.3) is 33.6 Å². The summed E-state index contributed by atoms with van der Waals surface area (Å²) in [4.78, 5) is 22.9. The van der Waals surface area contributed by atoms with Crippen molar-refractivity contribution in [2.45, 2.75) is 32.2 Å². The molecule has 1 unspecified atom stereocenters. The Hall–Kier alpha value is -3.81. The lowest BCUT2D eigenvalue weighted by molar-refractivity contribution is -0.128. The molecule has 0 bridgehead atoms. The van der Waals surface area contributed by atoms with E-state index in [9.17, 15) is 4.79 Å². The highest BCUT2D eigenvalue weighted by atomic mass is 16.2. The van der Waals surface area contributed by atoms with Crippen LogP contribution in [-0.4, -0.2) is 53.4 Å². The van der Waals surface area contributed by atoms with Gasteiger partial charge in [0.15, 0.2) is 5.82 Å². The molecule has 1 saturated heterocycles. The summed E-state index contributed by atoms with van der Waals surface area (Å²) in [6.45, 7) is 3.26. The molecule has 4 aromatic rings. The first-order chi connectivity index (χ1) is 16.1. The SMILES string of the molecule is CC(=O)N1CCCC(n2cc(-c3cnc(-c4cccc(-c5cnn(C)c5)c4)nc3)cn2)CC1. The van der Waals surface area contributed by atoms with Crippen LogP contribution in [0.2, 0.25) is 0 Å². The summed E-state index contributed by atoms with van der Waals surface area (Å²) in [5, 5.41) is 8.86. The van der Waals surface area contributed by atoms with Crippen molar-refractivity contribution < 1.29 is 4.79 Å². The van der Waals surface area contributed by atoms with Gasteiger partial charge in [0.05, 0.1) is 18.4 Å². The molecule has 1 aliphatic rings. The zero-order valence-electron chi connectivity index (χ0n) is 18.9. The van der Waals surface area contributed by atoms with Crippen molar-refractivity contribution in [3.63, 3.8) is 0 Å². The first-order valence-corrected chi connectivity index (χ1v) is 11.3. The van der Waals surface area contributed by atoms with Crippen LogP contribution in [0, 0.1) is 0 Å². The quantitative estimate of drug-likeness (QED) is 0.478. The third-order valence-electron chi connectivity index (χ3n) is 6.26. The summed E-state index contributed by atoms with van der Waals surface area (Å²) in [7, 11) is 1.91. The van der Waals surface area contributed by atoms with Gasteiger partial charge >= 0.3 is 0 Å². The zero-order chi connectivity index (χ0) is 22.8. The lowest BCUT2D eigenvalue weighted by Crippen LogP contribution is -2.29. The number of nitrogens with zero attached hydrogens (tertiary/aromatic N) is 7. The minimum atomic E-state index is 0.153. The summed E-state index contributed by atoms with van der Waals surface area (Å²) >= 11 is 0. The highest BCUT2D eigenvalue weighted by Gasteiger charge is 2.20. The first-order valence-electron chi connectivity index (χ1n) is 11.3. The fourth-order valence-electron chi connectivity index (χ4n) is 4.38. The second-order valence-electron chi connectivity index (χ2n) is 8.58. The summed E-state index contributed by atoms with van der Waals surface area (Å²) in [5.74, 6) is 0.838. The molecule has 1 aliphatic heterocycles. The Bertz CT molecular complexity index is 1260. The Balaban J connectivity index is 1.32. The second kappa shape index (κ2) is 8.97. The fourth-order valence-corrected chi connectivity index (χ4v) is 4.38. The molecule has 0 radical (unpaired) electrons. The number of rotatable bonds is 4. The number of likely N-dealkylation sites (tertiary alicyclic amines) is 1. The van der Waals surface area contributed by atoms with E-state index in [1.807, 2.05) is 59.7 Å². The third kappa shape index (κ3) is 4.55. The molecule has 33 heavy (non-hydrogen) atoms. The van der Waals surface area contributed by atoms with Gasteiger partial charge in [0, 0.05) is 74.1 Å². The molecule has 168 valence electrons. The van der Waals surface area contributed by atoms with Crippen molar-refractivity contribution in [1.29, 1.82) is 0 Å². The molecular weight excluding hydrogens is 414 g/mol. The van der Waals surface area contributed by atoms with E-state index in [-0.39, 0.29) is 5.91 Å². The van der Waals surface area contributed by atoms with E-state index in [0.717, 1.165) is 60.2 Å². The molecule has 1 atom stereocenters. The number of aryl methyl sites for hydroxylation is 1. The van der Waals surface area contributed by atoms with Crippen LogP contribution in [0.3, 0.4) is 0 Å². The molecule has 0 saturated carbocycles. The predicted octanol–water partition coefficient (Wildman–Crippen LogP) is 3.98. The first kappa shape index (κ1) is 21.1. The van der Waals surface area contributed by atoms with Gasteiger partial charge in [-0.15, -0.1) is 0 Å². The maximum atomic E-state index is 11.7. The molecule has 0 N–H and O–H groups in total. The van der Waals surface area contributed by atoms with Crippen LogP contribution in [0.4, 0.5) is 0 Å². The van der Waals surface area contributed by atoms with Crippen molar-refractivity contribution >= 4 is 5.91 Å². The van der Waals surface area contributed by atoms with Gasteiger partial charge in [0.1, 0.15) is 0 Å². The minimum absolute atomic E-state index is 0.153. The van der Waals surface area contributed by atoms with E-state index in [2.05, 4.69) is 38.5 Å². The number of benzene rings is 1. The van der Waals surface area contributed by atoms with Gasteiger partial charge < -0.3 is 4.90 Å². The van der Waals surface area contributed by atoms with E-state index in [4.69, 9.17) is 0 Å². The number of carbonyl (C=O) groups is 1. The molecule has 0 aliphatic carbocycles. The molecule has 0 spiro atoms. The van der Waals surface area contributed by atoms with Gasteiger partial charge in [-0.05, 0) is 30.9 Å². The Morgan fingerprint density at radius 1 is 0.879 bits per heavy atom. The second-order valence-corrected chi connectivity index (χ2v) is 8.58. The Morgan fingerprint density at radius 2 is 1.64 bits per heavy atom. The van der Waals surface area contributed by atoms with Crippen LogP contribution >= 0.6 is 0 Å². The van der Waals surface area contributed by atoms with Crippen LogP contribution in [-0.2, 0) is 11.8 Å². The molecule has 1 fully saturated rings.